The van der Waals surface area contributed by atoms with Crippen molar-refractivity contribution in [2.24, 2.45) is 7.05 Å². The third-order valence-electron chi connectivity index (χ3n) is 6.10. The highest BCUT2D eigenvalue weighted by molar-refractivity contribution is 6.13. The Bertz CT molecular complexity index is 1470. The standard InChI is InChI=1S/C26H20F6NO4/c1-33-18-12-8-7-11-16(18)22(17-13-20(35-2)21(36-3)14-19(17)33)23(34)37-24(25(27,28)29,26(30,31)32)15-9-5-4-6-10-15/h4-14H,1-3H3/q+1. The normalized spacial score (nSPS) is 12.6. The van der Waals surface area contributed by atoms with Gasteiger partial charge >= 0.3 is 23.9 Å². The number of methoxy groups -OCH3 is 2. The number of nitrogens with zero attached hydrogens (tertiary/aromatic N) is 1. The molecule has 0 saturated carbocycles. The molecule has 0 aliphatic carbocycles. The van der Waals surface area contributed by atoms with E-state index in [0.29, 0.717) is 17.6 Å². The number of carbonyl (C=O) groups is 1. The van der Waals surface area contributed by atoms with E-state index < -0.39 is 35.0 Å². The molecule has 0 amide bonds. The summed E-state index contributed by atoms with van der Waals surface area (Å²) >= 11 is 0. The minimum absolute atomic E-state index is 0.00941. The number of carbonyl (C=O) groups excluding carboxylic acids is 1. The number of aromatic nitrogens is 1. The number of hydrogen-bond donors (Lipinski definition) is 0. The van der Waals surface area contributed by atoms with Crippen molar-refractivity contribution >= 4 is 27.8 Å². The quantitative estimate of drug-likeness (QED) is 0.139. The monoisotopic (exact) mass is 524 g/mol. The Morgan fingerprint density at radius 2 is 1.27 bits per heavy atom. The number of pyridine rings is 1. The molecular weight excluding hydrogens is 504 g/mol. The van der Waals surface area contributed by atoms with Crippen LogP contribution in [0.2, 0.25) is 0 Å². The molecule has 0 radical (unpaired) electrons. The zero-order valence-corrected chi connectivity index (χ0v) is 19.7. The first-order valence-corrected chi connectivity index (χ1v) is 10.8. The van der Waals surface area contributed by atoms with Crippen LogP contribution in [0.4, 0.5) is 26.3 Å². The summed E-state index contributed by atoms with van der Waals surface area (Å²) in [4.78, 5) is 13.5. The van der Waals surface area contributed by atoms with Crippen LogP contribution in [-0.2, 0) is 17.4 Å². The summed E-state index contributed by atoms with van der Waals surface area (Å²) in [5, 5.41) is 0.0937. The van der Waals surface area contributed by atoms with Gasteiger partial charge in [-0.1, -0.05) is 42.5 Å². The van der Waals surface area contributed by atoms with Crippen LogP contribution >= 0.6 is 0 Å². The fourth-order valence-corrected chi connectivity index (χ4v) is 4.34. The number of fused-ring (bicyclic) bond motifs is 2. The minimum atomic E-state index is -6.03. The lowest BCUT2D eigenvalue weighted by atomic mass is 9.91. The number of halogens is 6. The number of para-hydroxylation sites is 1. The zero-order valence-electron chi connectivity index (χ0n) is 19.7. The molecule has 0 fully saturated rings. The molecule has 1 heterocycles. The van der Waals surface area contributed by atoms with Crippen molar-refractivity contribution in [3.05, 3.63) is 77.9 Å². The molecule has 1 aromatic heterocycles. The molecule has 194 valence electrons. The lowest BCUT2D eigenvalue weighted by Crippen LogP contribution is -2.57. The first-order valence-electron chi connectivity index (χ1n) is 10.8. The van der Waals surface area contributed by atoms with Gasteiger partial charge in [0.15, 0.2) is 11.5 Å². The van der Waals surface area contributed by atoms with Crippen LogP contribution in [0.15, 0.2) is 66.7 Å². The predicted octanol–water partition coefficient (Wildman–Crippen LogP) is 6.01. The molecule has 0 aliphatic rings. The van der Waals surface area contributed by atoms with Gasteiger partial charge in [0, 0.05) is 11.6 Å². The van der Waals surface area contributed by atoms with Crippen LogP contribution in [0.1, 0.15) is 15.9 Å². The molecule has 0 spiro atoms. The lowest BCUT2D eigenvalue weighted by Gasteiger charge is -2.36. The minimum Gasteiger partial charge on any atom is -0.493 e. The Balaban J connectivity index is 2.07. The van der Waals surface area contributed by atoms with Gasteiger partial charge < -0.3 is 14.2 Å². The van der Waals surface area contributed by atoms with Crippen LogP contribution in [0.5, 0.6) is 11.5 Å². The Morgan fingerprint density at radius 1 is 0.730 bits per heavy atom. The Hall–Kier alpha value is -4.02. The topological polar surface area (TPSA) is 48.6 Å². The molecule has 0 unspecified atom stereocenters. The van der Waals surface area contributed by atoms with Crippen molar-refractivity contribution in [1.82, 2.24) is 0 Å². The predicted molar refractivity (Wildman–Crippen MR) is 121 cm³/mol. The maximum Gasteiger partial charge on any atom is 0.442 e. The molecule has 5 nitrogen and oxygen atoms in total. The van der Waals surface area contributed by atoms with Crippen molar-refractivity contribution in [3.63, 3.8) is 0 Å². The van der Waals surface area contributed by atoms with Crippen molar-refractivity contribution < 1.29 is 49.9 Å². The van der Waals surface area contributed by atoms with E-state index in [-0.39, 0.29) is 27.8 Å². The summed E-state index contributed by atoms with van der Waals surface area (Å²) in [5.74, 6) is -1.46. The second-order valence-electron chi connectivity index (χ2n) is 8.11. The molecular formula is C26H20F6NO4+. The number of ether oxygens (including phenoxy) is 3. The third kappa shape index (κ3) is 4.08. The van der Waals surface area contributed by atoms with Gasteiger partial charge in [0.05, 0.1) is 36.6 Å². The van der Waals surface area contributed by atoms with Gasteiger partial charge in [0.1, 0.15) is 7.05 Å². The van der Waals surface area contributed by atoms with Crippen LogP contribution in [-0.4, -0.2) is 32.5 Å². The van der Waals surface area contributed by atoms with E-state index in [1.54, 1.807) is 23.7 Å². The number of hydrogen-bond acceptors (Lipinski definition) is 4. The molecule has 0 aliphatic heterocycles. The van der Waals surface area contributed by atoms with Crippen molar-refractivity contribution in [2.75, 3.05) is 14.2 Å². The summed E-state index contributed by atoms with van der Waals surface area (Å²) in [6.45, 7) is 0. The van der Waals surface area contributed by atoms with E-state index in [9.17, 15) is 31.1 Å². The Morgan fingerprint density at radius 3 is 1.84 bits per heavy atom. The van der Waals surface area contributed by atoms with Crippen LogP contribution in [0.3, 0.4) is 0 Å². The van der Waals surface area contributed by atoms with Gasteiger partial charge in [0.25, 0.3) is 0 Å². The molecule has 0 N–H and O–H groups in total. The number of esters is 1. The van der Waals surface area contributed by atoms with E-state index >= 15 is 0 Å². The van der Waals surface area contributed by atoms with E-state index in [0.717, 1.165) is 12.1 Å². The zero-order chi connectivity index (χ0) is 27.2. The van der Waals surface area contributed by atoms with Gasteiger partial charge in [-0.3, -0.25) is 0 Å². The highest BCUT2D eigenvalue weighted by atomic mass is 19.4. The Kier molecular flexibility index (Phi) is 6.43. The maximum atomic E-state index is 14.3. The fourth-order valence-electron chi connectivity index (χ4n) is 4.34. The fraction of sp³-hybridized carbons (Fsp3) is 0.231. The smallest absolute Gasteiger partial charge is 0.442 e. The molecule has 11 heteroatoms. The summed E-state index contributed by atoms with van der Waals surface area (Å²) in [6.07, 6.45) is -12.1. The summed E-state index contributed by atoms with van der Waals surface area (Å²) in [6, 6.07) is 13.4. The molecule has 0 saturated heterocycles. The molecule has 4 aromatic rings. The number of rotatable bonds is 5. The molecule has 0 atom stereocenters. The molecule has 0 bridgehead atoms. The largest absolute Gasteiger partial charge is 0.493 e. The average Bonchev–Trinajstić information content (AvgIpc) is 2.85. The number of alkyl halides is 6. The van der Waals surface area contributed by atoms with Crippen LogP contribution in [0.25, 0.3) is 21.8 Å². The SMILES string of the molecule is COc1cc2c(C(=O)OC(c3ccccc3)(C(F)(F)F)C(F)(F)F)c3ccccc3[n+](C)c2cc1OC. The summed E-state index contributed by atoms with van der Waals surface area (Å²) in [7, 11) is 4.29. The third-order valence-corrected chi connectivity index (χ3v) is 6.10. The first-order chi connectivity index (χ1) is 17.4. The van der Waals surface area contributed by atoms with Crippen LogP contribution in [0, 0.1) is 0 Å². The van der Waals surface area contributed by atoms with Gasteiger partial charge in [-0.05, 0) is 12.1 Å². The van der Waals surface area contributed by atoms with E-state index in [1.165, 1.54) is 44.6 Å². The second kappa shape index (κ2) is 9.13. The van der Waals surface area contributed by atoms with Crippen LogP contribution < -0.4 is 14.0 Å². The Labute approximate surface area is 206 Å². The number of aryl methyl sites for hydroxylation is 1. The second-order valence-corrected chi connectivity index (χ2v) is 8.11. The van der Waals surface area contributed by atoms with Gasteiger partial charge in [-0.2, -0.15) is 30.9 Å². The van der Waals surface area contributed by atoms with Crippen molar-refractivity contribution in [3.8, 4) is 11.5 Å². The summed E-state index contributed by atoms with van der Waals surface area (Å²) < 4.78 is 103. The van der Waals surface area contributed by atoms with E-state index in [4.69, 9.17) is 9.47 Å². The lowest BCUT2D eigenvalue weighted by molar-refractivity contribution is -0.617. The van der Waals surface area contributed by atoms with Gasteiger partial charge in [-0.15, -0.1) is 0 Å². The van der Waals surface area contributed by atoms with Crippen molar-refractivity contribution in [1.29, 1.82) is 0 Å². The molecule has 3 aromatic carbocycles. The number of benzene rings is 3. The maximum absolute atomic E-state index is 14.3. The molecule has 37 heavy (non-hydrogen) atoms. The highest BCUT2D eigenvalue weighted by Gasteiger charge is 2.75. The van der Waals surface area contributed by atoms with Crippen molar-refractivity contribution in [2.45, 2.75) is 18.0 Å². The van der Waals surface area contributed by atoms with Gasteiger partial charge in [-0.25, -0.2) is 4.79 Å². The first kappa shape index (κ1) is 26.1. The van der Waals surface area contributed by atoms with E-state index in [1.807, 2.05) is 0 Å². The highest BCUT2D eigenvalue weighted by Crippen LogP contribution is 2.53. The summed E-state index contributed by atoms with van der Waals surface area (Å²) in [5.41, 5.74) is -6.04. The van der Waals surface area contributed by atoms with E-state index in [2.05, 4.69) is 4.74 Å². The average molecular weight is 524 g/mol. The van der Waals surface area contributed by atoms with Gasteiger partial charge in [0.2, 0.25) is 11.0 Å². The molecule has 4 rings (SSSR count).